The number of aliphatic hydroxyl groups is 2. The molecule has 1 saturated heterocycles. The third kappa shape index (κ3) is 9.78. The van der Waals surface area contributed by atoms with Crippen LogP contribution in [0.15, 0.2) is 60.3 Å². The van der Waals surface area contributed by atoms with Crippen molar-refractivity contribution in [3.05, 3.63) is 66.0 Å². The van der Waals surface area contributed by atoms with Crippen LogP contribution in [0.1, 0.15) is 72.4 Å². The molecule has 3 heterocycles. The maximum absolute atomic E-state index is 13.1. The molecule has 9 nitrogen and oxygen atoms in total. The Hall–Kier alpha value is -3.01. The van der Waals surface area contributed by atoms with Crippen LogP contribution >= 0.6 is 0 Å². The highest BCUT2D eigenvalue weighted by atomic mass is 16.6. The van der Waals surface area contributed by atoms with Gasteiger partial charge in [0.2, 0.25) is 0 Å². The van der Waals surface area contributed by atoms with E-state index in [4.69, 9.17) is 9.47 Å². The molecule has 2 aliphatic heterocycles. The highest BCUT2D eigenvalue weighted by Gasteiger charge is 2.37. The SMILES string of the molecule is C/C(=C\C=C\[C@@H](C)c1ccccn1)[C@@H]1OC(=O)C[C@@H](O)CC[C@@](C)(O)[C@@H](OC(=O)N2CCN(C(C)C)CC2)/C=C/[C@H]1C. The van der Waals surface area contributed by atoms with Gasteiger partial charge in [0, 0.05) is 55.9 Å². The zero-order valence-corrected chi connectivity index (χ0v) is 26.0. The molecule has 2 N–H and O–H groups in total. The molecule has 0 aliphatic carbocycles. The van der Waals surface area contributed by atoms with E-state index in [1.165, 1.54) is 0 Å². The van der Waals surface area contributed by atoms with Crippen molar-refractivity contribution in [3.63, 3.8) is 0 Å². The number of pyridine rings is 1. The van der Waals surface area contributed by atoms with Crippen molar-refractivity contribution >= 4 is 12.1 Å². The summed E-state index contributed by atoms with van der Waals surface area (Å²) in [6.45, 7) is 14.4. The molecule has 1 amide bonds. The average molecular weight is 584 g/mol. The smallest absolute Gasteiger partial charge is 0.410 e. The highest BCUT2D eigenvalue weighted by molar-refractivity contribution is 5.70. The van der Waals surface area contributed by atoms with Crippen molar-refractivity contribution in [1.82, 2.24) is 14.8 Å². The fourth-order valence-electron chi connectivity index (χ4n) is 5.27. The molecule has 0 unspecified atom stereocenters. The van der Waals surface area contributed by atoms with Crippen LogP contribution in [0.2, 0.25) is 0 Å². The molecule has 1 fully saturated rings. The van der Waals surface area contributed by atoms with Crippen molar-refractivity contribution in [2.24, 2.45) is 5.92 Å². The Morgan fingerprint density at radius 2 is 1.90 bits per heavy atom. The number of cyclic esters (lactones) is 1. The number of amides is 1. The van der Waals surface area contributed by atoms with E-state index in [2.05, 4.69) is 30.7 Å². The molecule has 0 radical (unpaired) electrons. The van der Waals surface area contributed by atoms with Crippen LogP contribution in [0, 0.1) is 5.92 Å². The van der Waals surface area contributed by atoms with Crippen molar-refractivity contribution in [3.8, 4) is 0 Å². The molecule has 0 spiro atoms. The van der Waals surface area contributed by atoms with Gasteiger partial charge in [-0.1, -0.05) is 44.2 Å². The van der Waals surface area contributed by atoms with Gasteiger partial charge in [0.15, 0.2) is 6.10 Å². The van der Waals surface area contributed by atoms with E-state index in [9.17, 15) is 19.8 Å². The van der Waals surface area contributed by atoms with Gasteiger partial charge in [-0.05, 0) is 64.3 Å². The number of nitrogens with zero attached hydrogens (tertiary/aromatic N) is 3. The van der Waals surface area contributed by atoms with Crippen molar-refractivity contribution < 1.29 is 29.3 Å². The van der Waals surface area contributed by atoms with Crippen molar-refractivity contribution in [2.75, 3.05) is 26.2 Å². The fraction of sp³-hybridized carbons (Fsp3) is 0.606. The van der Waals surface area contributed by atoms with Gasteiger partial charge in [-0.2, -0.15) is 0 Å². The average Bonchev–Trinajstić information content (AvgIpc) is 2.96. The Morgan fingerprint density at radius 3 is 2.55 bits per heavy atom. The Balaban J connectivity index is 1.79. The minimum absolute atomic E-state index is 0.104. The van der Waals surface area contributed by atoms with E-state index < -0.39 is 36.0 Å². The molecule has 6 atom stereocenters. The summed E-state index contributed by atoms with van der Waals surface area (Å²) in [6, 6.07) is 6.22. The first-order valence-corrected chi connectivity index (χ1v) is 15.1. The Morgan fingerprint density at radius 1 is 1.19 bits per heavy atom. The number of carbonyl (C=O) groups excluding carboxylic acids is 2. The number of ether oxygens (including phenoxy) is 2. The molecule has 0 saturated carbocycles. The third-order valence-corrected chi connectivity index (χ3v) is 8.22. The lowest BCUT2D eigenvalue weighted by Crippen LogP contribution is -2.52. The maximum Gasteiger partial charge on any atom is 0.410 e. The third-order valence-electron chi connectivity index (χ3n) is 8.22. The van der Waals surface area contributed by atoms with E-state index in [0.717, 1.165) is 24.4 Å². The predicted molar refractivity (Wildman–Crippen MR) is 163 cm³/mol. The van der Waals surface area contributed by atoms with Gasteiger partial charge in [-0.25, -0.2) is 4.79 Å². The molecule has 0 bridgehead atoms. The summed E-state index contributed by atoms with van der Waals surface area (Å²) in [4.78, 5) is 34.3. The summed E-state index contributed by atoms with van der Waals surface area (Å²) in [5, 5.41) is 21.9. The van der Waals surface area contributed by atoms with Crippen LogP contribution in [0.5, 0.6) is 0 Å². The summed E-state index contributed by atoms with van der Waals surface area (Å²) < 4.78 is 11.7. The largest absolute Gasteiger partial charge is 0.457 e. The zero-order chi connectivity index (χ0) is 30.9. The second-order valence-electron chi connectivity index (χ2n) is 12.2. The minimum atomic E-state index is -1.44. The molecule has 1 aromatic heterocycles. The number of hydrogen-bond acceptors (Lipinski definition) is 8. The number of esters is 1. The molecule has 2 aliphatic rings. The molecule has 1 aromatic rings. The minimum Gasteiger partial charge on any atom is -0.457 e. The van der Waals surface area contributed by atoms with E-state index in [1.807, 2.05) is 56.4 Å². The van der Waals surface area contributed by atoms with Gasteiger partial charge in [0.1, 0.15) is 11.7 Å². The summed E-state index contributed by atoms with van der Waals surface area (Å²) in [7, 11) is 0. The Bertz CT molecular complexity index is 1110. The number of rotatable bonds is 6. The van der Waals surface area contributed by atoms with E-state index in [1.54, 1.807) is 24.1 Å². The fourth-order valence-corrected chi connectivity index (χ4v) is 5.27. The molecule has 3 rings (SSSR count). The lowest BCUT2D eigenvalue weighted by Gasteiger charge is -2.38. The predicted octanol–water partition coefficient (Wildman–Crippen LogP) is 4.62. The number of carbonyl (C=O) groups is 2. The number of allylic oxidation sites excluding steroid dienone is 3. The van der Waals surface area contributed by atoms with Crippen LogP contribution in [-0.2, 0) is 14.3 Å². The maximum atomic E-state index is 13.1. The number of hydrogen-bond donors (Lipinski definition) is 2. The molecule has 42 heavy (non-hydrogen) atoms. The number of aromatic nitrogens is 1. The zero-order valence-electron chi connectivity index (χ0n) is 26.0. The highest BCUT2D eigenvalue weighted by Crippen LogP contribution is 2.27. The van der Waals surface area contributed by atoms with Gasteiger partial charge in [0.25, 0.3) is 0 Å². The molecular weight excluding hydrogens is 534 g/mol. The molecule has 0 aromatic carbocycles. The molecule has 232 valence electrons. The summed E-state index contributed by atoms with van der Waals surface area (Å²) in [6.07, 6.45) is 8.24. The second kappa shape index (κ2) is 15.5. The molecular formula is C33H49N3O6. The monoisotopic (exact) mass is 583 g/mol. The van der Waals surface area contributed by atoms with Gasteiger partial charge in [-0.3, -0.25) is 14.7 Å². The van der Waals surface area contributed by atoms with Crippen LogP contribution in [0.4, 0.5) is 4.79 Å². The first-order chi connectivity index (χ1) is 19.9. The Kier molecular flexibility index (Phi) is 12.3. The number of aliphatic hydroxyl groups excluding tert-OH is 1. The van der Waals surface area contributed by atoms with E-state index >= 15 is 0 Å². The van der Waals surface area contributed by atoms with Crippen molar-refractivity contribution in [2.45, 2.75) is 96.7 Å². The normalized spacial score (nSPS) is 30.4. The van der Waals surface area contributed by atoms with Crippen molar-refractivity contribution in [1.29, 1.82) is 0 Å². The lowest BCUT2D eigenvalue weighted by atomic mass is 9.88. The number of piperazine rings is 1. The van der Waals surface area contributed by atoms with Gasteiger partial charge >= 0.3 is 12.1 Å². The van der Waals surface area contributed by atoms with Crippen LogP contribution in [-0.4, -0.2) is 93.2 Å². The summed E-state index contributed by atoms with van der Waals surface area (Å²) in [5.41, 5.74) is 0.331. The van der Waals surface area contributed by atoms with Crippen LogP contribution in [0.25, 0.3) is 0 Å². The first kappa shape index (κ1) is 33.5. The quantitative estimate of drug-likeness (QED) is 0.284. The molecule has 9 heteroatoms. The van der Waals surface area contributed by atoms with Gasteiger partial charge < -0.3 is 24.6 Å². The first-order valence-electron chi connectivity index (χ1n) is 15.1. The standard InChI is InChI=1S/C33H49N3O6/c1-23(2)35-18-20-36(21-19-35)32(39)41-29-14-13-26(5)31(42-30(38)22-27(37)15-16-33(29,6)40)25(4)11-9-10-24(3)28-12-7-8-17-34-28/h7-14,17,23-24,26-27,29,31,37,40H,15-16,18-22H2,1-6H3/b10-9+,14-13+,25-11+/t24-,26-,27+,29+,31+,33-/m1/s1. The van der Waals surface area contributed by atoms with Gasteiger partial charge in [0.05, 0.1) is 12.5 Å². The summed E-state index contributed by atoms with van der Waals surface area (Å²) in [5.74, 6) is -0.697. The van der Waals surface area contributed by atoms with Crippen LogP contribution in [0.3, 0.4) is 0 Å². The van der Waals surface area contributed by atoms with Crippen LogP contribution < -0.4 is 0 Å². The summed E-state index contributed by atoms with van der Waals surface area (Å²) >= 11 is 0. The van der Waals surface area contributed by atoms with E-state index in [0.29, 0.717) is 19.1 Å². The van der Waals surface area contributed by atoms with E-state index in [-0.39, 0.29) is 31.1 Å². The van der Waals surface area contributed by atoms with Gasteiger partial charge in [-0.15, -0.1) is 0 Å². The second-order valence-corrected chi connectivity index (χ2v) is 12.2. The Labute approximate surface area is 250 Å². The topological polar surface area (TPSA) is 112 Å². The lowest BCUT2D eigenvalue weighted by molar-refractivity contribution is -0.151.